The van der Waals surface area contributed by atoms with Crippen LogP contribution in [-0.2, 0) is 4.79 Å². The minimum atomic E-state index is -0.158. The predicted octanol–water partition coefficient (Wildman–Crippen LogP) is 3.11. The number of amides is 1. The lowest BCUT2D eigenvalue weighted by Gasteiger charge is -2.07. The van der Waals surface area contributed by atoms with Gasteiger partial charge >= 0.3 is 0 Å². The lowest BCUT2D eigenvalue weighted by molar-refractivity contribution is -0.123. The highest BCUT2D eigenvalue weighted by Gasteiger charge is 2.26. The molecule has 0 aromatic heterocycles. The van der Waals surface area contributed by atoms with Crippen LogP contribution >= 0.6 is 55.8 Å². The molecule has 8 heteroatoms. The molecular formula is C10H6Br2N2O2S2. The van der Waals surface area contributed by atoms with Crippen molar-refractivity contribution in [3.63, 3.8) is 0 Å². The Kier molecular flexibility index (Phi) is 4.41. The van der Waals surface area contributed by atoms with Crippen LogP contribution in [0, 0.1) is 0 Å². The van der Waals surface area contributed by atoms with Gasteiger partial charge in [0.2, 0.25) is 0 Å². The molecule has 1 aliphatic heterocycles. The normalized spacial score (nSPS) is 16.0. The summed E-state index contributed by atoms with van der Waals surface area (Å²) >= 11 is 12.8. The highest BCUT2D eigenvalue weighted by atomic mass is 79.9. The van der Waals surface area contributed by atoms with E-state index >= 15 is 0 Å². The average Bonchev–Trinajstić information content (AvgIpc) is 2.62. The second kappa shape index (κ2) is 5.68. The van der Waals surface area contributed by atoms with Crippen molar-refractivity contribution in [2.75, 3.05) is 5.75 Å². The van der Waals surface area contributed by atoms with Crippen LogP contribution < -0.4 is 0 Å². The van der Waals surface area contributed by atoms with Crippen LogP contribution in [0.4, 0.5) is 0 Å². The van der Waals surface area contributed by atoms with Gasteiger partial charge in [-0.2, -0.15) is 10.1 Å². The summed E-state index contributed by atoms with van der Waals surface area (Å²) in [6.07, 6.45) is 1.40. The molecule has 1 saturated heterocycles. The summed E-state index contributed by atoms with van der Waals surface area (Å²) in [6, 6.07) is 3.41. The number of aromatic hydroxyl groups is 1. The first-order chi connectivity index (χ1) is 8.49. The van der Waals surface area contributed by atoms with E-state index in [4.69, 9.17) is 12.2 Å². The van der Waals surface area contributed by atoms with Gasteiger partial charge in [0.1, 0.15) is 5.75 Å². The number of benzene rings is 1. The Morgan fingerprint density at radius 2 is 2.22 bits per heavy atom. The van der Waals surface area contributed by atoms with Crippen molar-refractivity contribution in [1.82, 2.24) is 5.01 Å². The van der Waals surface area contributed by atoms with Crippen LogP contribution in [0.3, 0.4) is 0 Å². The monoisotopic (exact) mass is 408 g/mol. The van der Waals surface area contributed by atoms with Gasteiger partial charge in [0.15, 0.2) is 4.32 Å². The maximum atomic E-state index is 11.4. The van der Waals surface area contributed by atoms with Gasteiger partial charge in [-0.05, 0) is 28.1 Å². The van der Waals surface area contributed by atoms with E-state index in [1.807, 2.05) is 0 Å². The van der Waals surface area contributed by atoms with Gasteiger partial charge in [-0.15, -0.1) is 0 Å². The Hall–Kier alpha value is -0.440. The number of thiocarbonyl (C=S) groups is 1. The maximum Gasteiger partial charge on any atom is 0.259 e. The molecule has 1 N–H and O–H groups in total. The number of halogens is 2. The molecule has 1 amide bonds. The number of phenols is 1. The Morgan fingerprint density at radius 3 is 2.83 bits per heavy atom. The number of carbonyl (C=O) groups is 1. The van der Waals surface area contributed by atoms with E-state index in [2.05, 4.69) is 37.0 Å². The summed E-state index contributed by atoms with van der Waals surface area (Å²) < 4.78 is 1.76. The number of thioether (sulfide) groups is 1. The molecule has 0 bridgehead atoms. The van der Waals surface area contributed by atoms with Crippen LogP contribution in [-0.4, -0.2) is 32.3 Å². The topological polar surface area (TPSA) is 52.9 Å². The van der Waals surface area contributed by atoms with Crippen molar-refractivity contribution >= 4 is 72.3 Å². The fourth-order valence-electron chi connectivity index (χ4n) is 1.26. The van der Waals surface area contributed by atoms with Gasteiger partial charge < -0.3 is 5.11 Å². The minimum Gasteiger partial charge on any atom is -0.506 e. The molecule has 0 spiro atoms. The van der Waals surface area contributed by atoms with Gasteiger partial charge in [0, 0.05) is 10.0 Å². The number of hydrogen-bond acceptors (Lipinski definition) is 5. The van der Waals surface area contributed by atoms with Gasteiger partial charge in [0.25, 0.3) is 5.91 Å². The molecule has 1 heterocycles. The smallest absolute Gasteiger partial charge is 0.259 e. The lowest BCUT2D eigenvalue weighted by atomic mass is 10.2. The highest BCUT2D eigenvalue weighted by molar-refractivity contribution is 9.11. The molecule has 2 rings (SSSR count). The van der Waals surface area contributed by atoms with E-state index < -0.39 is 0 Å². The van der Waals surface area contributed by atoms with E-state index in [9.17, 15) is 9.90 Å². The number of nitrogens with zero attached hydrogens (tertiary/aromatic N) is 2. The molecule has 0 aliphatic carbocycles. The van der Waals surface area contributed by atoms with E-state index in [0.717, 1.165) is 9.48 Å². The lowest BCUT2D eigenvalue weighted by Crippen LogP contribution is -2.22. The van der Waals surface area contributed by atoms with E-state index in [1.165, 1.54) is 18.0 Å². The van der Waals surface area contributed by atoms with Crippen LogP contribution in [0.25, 0.3) is 0 Å². The Balaban J connectivity index is 2.29. The summed E-state index contributed by atoms with van der Waals surface area (Å²) in [5.74, 6) is 0.214. The second-order valence-electron chi connectivity index (χ2n) is 3.33. The van der Waals surface area contributed by atoms with Gasteiger partial charge in [-0.3, -0.25) is 4.79 Å². The Morgan fingerprint density at radius 1 is 1.50 bits per heavy atom. The molecule has 1 aromatic rings. The SMILES string of the molecule is O=C1CSC(=S)N1/N=C\c1cc(Br)cc(Br)c1O. The molecule has 0 radical (unpaired) electrons. The van der Waals surface area contributed by atoms with Crippen LogP contribution in [0.15, 0.2) is 26.2 Å². The summed E-state index contributed by atoms with van der Waals surface area (Å²) in [7, 11) is 0. The van der Waals surface area contributed by atoms with Crippen molar-refractivity contribution in [1.29, 1.82) is 0 Å². The van der Waals surface area contributed by atoms with Crippen molar-refractivity contribution in [3.8, 4) is 5.75 Å². The highest BCUT2D eigenvalue weighted by Crippen LogP contribution is 2.31. The largest absolute Gasteiger partial charge is 0.506 e. The van der Waals surface area contributed by atoms with E-state index in [-0.39, 0.29) is 11.7 Å². The zero-order chi connectivity index (χ0) is 13.3. The Bertz CT molecular complexity index is 547. The summed E-state index contributed by atoms with van der Waals surface area (Å²) in [5.41, 5.74) is 0.490. The third-order valence-electron chi connectivity index (χ3n) is 2.10. The molecule has 4 nitrogen and oxygen atoms in total. The molecule has 94 valence electrons. The van der Waals surface area contributed by atoms with Crippen molar-refractivity contribution < 1.29 is 9.90 Å². The first-order valence-corrected chi connectivity index (χ1v) is 7.68. The third-order valence-corrected chi connectivity index (χ3v) is 4.50. The standard InChI is InChI=1S/C10H6Br2N2O2S2/c11-6-1-5(9(16)7(12)2-6)3-13-14-8(15)4-18-10(14)17/h1-3,16H,4H2/b13-3-. The number of phenolic OH excluding ortho intramolecular Hbond substituents is 1. The average molecular weight is 410 g/mol. The first kappa shape index (κ1) is 14.0. The molecule has 1 aliphatic rings. The summed E-state index contributed by atoms with van der Waals surface area (Å²) in [4.78, 5) is 11.4. The van der Waals surface area contributed by atoms with E-state index in [0.29, 0.717) is 20.1 Å². The number of hydrazone groups is 1. The van der Waals surface area contributed by atoms with Crippen LogP contribution in [0.2, 0.25) is 0 Å². The first-order valence-electron chi connectivity index (χ1n) is 4.70. The fourth-order valence-corrected chi connectivity index (χ4v) is 3.49. The molecule has 0 atom stereocenters. The zero-order valence-electron chi connectivity index (χ0n) is 8.76. The van der Waals surface area contributed by atoms with Gasteiger partial charge in [0.05, 0.1) is 16.4 Å². The molecule has 18 heavy (non-hydrogen) atoms. The Labute approximate surface area is 130 Å². The second-order valence-corrected chi connectivity index (χ2v) is 6.71. The molecular weight excluding hydrogens is 404 g/mol. The maximum absolute atomic E-state index is 11.4. The summed E-state index contributed by atoms with van der Waals surface area (Å²) in [6.45, 7) is 0. The number of carbonyl (C=O) groups excluding carboxylic acids is 1. The predicted molar refractivity (Wildman–Crippen MR) is 83.0 cm³/mol. The van der Waals surface area contributed by atoms with Crippen molar-refractivity contribution in [2.45, 2.75) is 0 Å². The molecule has 0 saturated carbocycles. The van der Waals surface area contributed by atoms with Crippen molar-refractivity contribution in [2.24, 2.45) is 5.10 Å². The third kappa shape index (κ3) is 2.93. The van der Waals surface area contributed by atoms with Gasteiger partial charge in [-0.25, -0.2) is 0 Å². The van der Waals surface area contributed by atoms with Gasteiger partial charge in [-0.1, -0.05) is 39.9 Å². The number of rotatable bonds is 2. The zero-order valence-corrected chi connectivity index (χ0v) is 13.6. The molecule has 1 aromatic carbocycles. The number of hydrogen-bond donors (Lipinski definition) is 1. The minimum absolute atomic E-state index is 0.0622. The van der Waals surface area contributed by atoms with Crippen molar-refractivity contribution in [3.05, 3.63) is 26.6 Å². The fraction of sp³-hybridized carbons (Fsp3) is 0.100. The quantitative estimate of drug-likeness (QED) is 0.602. The molecule has 1 fully saturated rings. The molecule has 0 unspecified atom stereocenters. The van der Waals surface area contributed by atoms with Crippen LogP contribution in [0.5, 0.6) is 5.75 Å². The summed E-state index contributed by atoms with van der Waals surface area (Å²) in [5, 5.41) is 15.0. The van der Waals surface area contributed by atoms with E-state index in [1.54, 1.807) is 12.1 Å². The van der Waals surface area contributed by atoms with Crippen LogP contribution in [0.1, 0.15) is 5.56 Å².